The summed E-state index contributed by atoms with van der Waals surface area (Å²) in [6.45, 7) is 6.62. The van der Waals surface area contributed by atoms with Crippen molar-refractivity contribution >= 4 is 5.91 Å². The maximum absolute atomic E-state index is 12.9. The minimum Gasteiger partial charge on any atom is -0.336 e. The third-order valence-electron chi connectivity index (χ3n) is 2.55. The van der Waals surface area contributed by atoms with Crippen molar-refractivity contribution in [3.8, 4) is 0 Å². The molecule has 0 saturated heterocycles. The highest BCUT2D eigenvalue weighted by Crippen LogP contribution is 2.31. The van der Waals surface area contributed by atoms with Crippen molar-refractivity contribution in [3.05, 3.63) is 11.6 Å². The molecular weight excluding hydrogens is 193 g/mol. The van der Waals surface area contributed by atoms with Crippen LogP contribution in [0.4, 0.5) is 4.39 Å². The maximum atomic E-state index is 12.9. The molecule has 0 aromatic carbocycles. The topological polar surface area (TPSA) is 20.3 Å². The van der Waals surface area contributed by atoms with E-state index in [0.717, 1.165) is 12.0 Å². The Bertz CT molecular complexity index is 258. The number of nitrogens with zero attached hydrogens (tertiary/aromatic N) is 1. The molecule has 1 amide bonds. The van der Waals surface area contributed by atoms with E-state index in [9.17, 15) is 9.18 Å². The number of carbonyl (C=O) groups is 1. The summed E-state index contributed by atoms with van der Waals surface area (Å²) < 4.78 is 12.9. The smallest absolute Gasteiger partial charge is 0.226 e. The van der Waals surface area contributed by atoms with Gasteiger partial charge in [-0.05, 0) is 20.3 Å². The van der Waals surface area contributed by atoms with Gasteiger partial charge in [0.2, 0.25) is 5.91 Å². The van der Waals surface area contributed by atoms with E-state index in [1.807, 2.05) is 26.8 Å². The fraction of sp³-hybridized carbons (Fsp3) is 0.750. The third-order valence-corrected chi connectivity index (χ3v) is 2.55. The Kier molecular flexibility index (Phi) is 4.30. The molecule has 2 nitrogen and oxygen atoms in total. The van der Waals surface area contributed by atoms with Gasteiger partial charge < -0.3 is 4.90 Å². The molecule has 2 unspecified atom stereocenters. The quantitative estimate of drug-likeness (QED) is 0.643. The number of hydrogen-bond acceptors (Lipinski definition) is 1. The van der Waals surface area contributed by atoms with Crippen molar-refractivity contribution in [1.82, 2.24) is 4.90 Å². The predicted molar refractivity (Wildman–Crippen MR) is 59.4 cm³/mol. The van der Waals surface area contributed by atoms with Crippen LogP contribution in [-0.4, -0.2) is 29.6 Å². The highest BCUT2D eigenvalue weighted by atomic mass is 19.1. The van der Waals surface area contributed by atoms with Crippen LogP contribution in [0.15, 0.2) is 11.6 Å². The molecule has 86 valence electrons. The molecular formula is C12H20FNO. The van der Waals surface area contributed by atoms with Gasteiger partial charge in [-0.3, -0.25) is 4.79 Å². The van der Waals surface area contributed by atoms with Gasteiger partial charge in [0.1, 0.15) is 6.17 Å². The SMILES string of the molecule is CCCN(C(=O)CC=C(C)C)C1CC1F. The molecule has 2 atom stereocenters. The Morgan fingerprint density at radius 1 is 1.53 bits per heavy atom. The van der Waals surface area contributed by atoms with Crippen molar-refractivity contribution in [2.75, 3.05) is 6.54 Å². The highest BCUT2D eigenvalue weighted by Gasteiger charge is 2.43. The van der Waals surface area contributed by atoms with Gasteiger partial charge in [-0.15, -0.1) is 0 Å². The minimum atomic E-state index is -0.785. The number of halogens is 1. The van der Waals surface area contributed by atoms with Crippen molar-refractivity contribution in [1.29, 1.82) is 0 Å². The Labute approximate surface area is 91.1 Å². The molecule has 15 heavy (non-hydrogen) atoms. The largest absolute Gasteiger partial charge is 0.336 e. The second-order valence-electron chi connectivity index (χ2n) is 4.39. The lowest BCUT2D eigenvalue weighted by Crippen LogP contribution is -2.34. The summed E-state index contributed by atoms with van der Waals surface area (Å²) in [4.78, 5) is 13.5. The third kappa shape index (κ3) is 3.65. The molecule has 0 bridgehead atoms. The van der Waals surface area contributed by atoms with E-state index in [1.165, 1.54) is 0 Å². The molecule has 3 heteroatoms. The molecule has 1 aliphatic rings. The second-order valence-corrected chi connectivity index (χ2v) is 4.39. The molecule has 0 N–H and O–H groups in total. The monoisotopic (exact) mass is 213 g/mol. The van der Waals surface area contributed by atoms with Gasteiger partial charge in [0.05, 0.1) is 6.04 Å². The van der Waals surface area contributed by atoms with Crippen LogP contribution in [0, 0.1) is 0 Å². The average molecular weight is 213 g/mol. The molecule has 1 fully saturated rings. The van der Waals surface area contributed by atoms with Gasteiger partial charge in [0, 0.05) is 19.4 Å². The van der Waals surface area contributed by atoms with Gasteiger partial charge in [-0.1, -0.05) is 18.6 Å². The zero-order valence-corrected chi connectivity index (χ0v) is 9.79. The Morgan fingerprint density at radius 2 is 2.13 bits per heavy atom. The van der Waals surface area contributed by atoms with Crippen LogP contribution in [0.3, 0.4) is 0 Å². The molecule has 0 heterocycles. The molecule has 0 spiro atoms. The van der Waals surface area contributed by atoms with Gasteiger partial charge in [-0.25, -0.2) is 4.39 Å². The van der Waals surface area contributed by atoms with Crippen molar-refractivity contribution in [2.45, 2.75) is 52.2 Å². The number of carbonyl (C=O) groups excluding carboxylic acids is 1. The van der Waals surface area contributed by atoms with E-state index in [0.29, 0.717) is 19.4 Å². The summed E-state index contributed by atoms with van der Waals surface area (Å²) in [5, 5.41) is 0. The van der Waals surface area contributed by atoms with Gasteiger partial charge in [0.15, 0.2) is 0 Å². The highest BCUT2D eigenvalue weighted by molar-refractivity contribution is 5.78. The van der Waals surface area contributed by atoms with E-state index in [-0.39, 0.29) is 11.9 Å². The van der Waals surface area contributed by atoms with Gasteiger partial charge >= 0.3 is 0 Å². The first-order chi connectivity index (χ1) is 7.06. The maximum Gasteiger partial charge on any atom is 0.226 e. The number of alkyl halides is 1. The first-order valence-corrected chi connectivity index (χ1v) is 5.63. The standard InChI is InChI=1S/C12H20FNO/c1-4-7-14(11-8-10(11)13)12(15)6-5-9(2)3/h5,10-11H,4,6-8H2,1-3H3. The van der Waals surface area contributed by atoms with Gasteiger partial charge in [0.25, 0.3) is 0 Å². The zero-order chi connectivity index (χ0) is 11.4. The molecule has 0 aliphatic heterocycles. The predicted octanol–water partition coefficient (Wildman–Crippen LogP) is 2.69. The van der Waals surface area contributed by atoms with E-state index >= 15 is 0 Å². The van der Waals surface area contributed by atoms with Crippen LogP contribution in [0.1, 0.15) is 40.0 Å². The van der Waals surface area contributed by atoms with E-state index in [1.54, 1.807) is 4.90 Å². The van der Waals surface area contributed by atoms with E-state index < -0.39 is 6.17 Å². The fourth-order valence-electron chi connectivity index (χ4n) is 1.60. The lowest BCUT2D eigenvalue weighted by atomic mass is 10.2. The minimum absolute atomic E-state index is 0.0585. The fourth-order valence-corrected chi connectivity index (χ4v) is 1.60. The Morgan fingerprint density at radius 3 is 2.53 bits per heavy atom. The van der Waals surface area contributed by atoms with Crippen LogP contribution in [0.25, 0.3) is 0 Å². The lowest BCUT2D eigenvalue weighted by molar-refractivity contribution is -0.131. The number of allylic oxidation sites excluding steroid dienone is 1. The van der Waals surface area contributed by atoms with E-state index in [4.69, 9.17) is 0 Å². The lowest BCUT2D eigenvalue weighted by Gasteiger charge is -2.21. The second kappa shape index (κ2) is 5.29. The summed E-state index contributed by atoms with van der Waals surface area (Å²) >= 11 is 0. The summed E-state index contributed by atoms with van der Waals surface area (Å²) in [6, 6.07) is -0.136. The van der Waals surface area contributed by atoms with Crippen LogP contribution >= 0.6 is 0 Å². The summed E-state index contributed by atoms with van der Waals surface area (Å²) in [7, 11) is 0. The first kappa shape index (κ1) is 12.2. The van der Waals surface area contributed by atoms with Crippen molar-refractivity contribution < 1.29 is 9.18 Å². The zero-order valence-electron chi connectivity index (χ0n) is 9.79. The molecule has 0 radical (unpaired) electrons. The first-order valence-electron chi connectivity index (χ1n) is 5.63. The molecule has 0 aromatic heterocycles. The van der Waals surface area contributed by atoms with Crippen LogP contribution in [-0.2, 0) is 4.79 Å². The van der Waals surface area contributed by atoms with Gasteiger partial charge in [-0.2, -0.15) is 0 Å². The summed E-state index contributed by atoms with van der Waals surface area (Å²) in [5.41, 5.74) is 1.13. The van der Waals surface area contributed by atoms with E-state index in [2.05, 4.69) is 0 Å². The Hall–Kier alpha value is -0.860. The van der Waals surface area contributed by atoms with Crippen molar-refractivity contribution in [2.24, 2.45) is 0 Å². The number of hydrogen-bond donors (Lipinski definition) is 0. The summed E-state index contributed by atoms with van der Waals surface area (Å²) in [5.74, 6) is 0.0585. The molecule has 0 aromatic rings. The van der Waals surface area contributed by atoms with Crippen LogP contribution < -0.4 is 0 Å². The molecule has 1 rings (SSSR count). The van der Waals surface area contributed by atoms with Crippen LogP contribution in [0.2, 0.25) is 0 Å². The van der Waals surface area contributed by atoms with Crippen LogP contribution in [0.5, 0.6) is 0 Å². The van der Waals surface area contributed by atoms with Crippen molar-refractivity contribution in [3.63, 3.8) is 0 Å². The normalized spacial score (nSPS) is 23.5. The molecule has 1 aliphatic carbocycles. The number of amides is 1. The summed E-state index contributed by atoms with van der Waals surface area (Å²) in [6.07, 6.45) is 2.95. The average Bonchev–Trinajstić information content (AvgIpc) is 2.88. The Balaban J connectivity index is 2.48. The molecule has 1 saturated carbocycles. The number of rotatable bonds is 5.